The Morgan fingerprint density at radius 2 is 1.94 bits per heavy atom. The highest BCUT2D eigenvalue weighted by molar-refractivity contribution is 8.26. The van der Waals surface area contributed by atoms with Crippen molar-refractivity contribution in [1.82, 2.24) is 14.3 Å². The first-order chi connectivity index (χ1) is 17.3. The number of carboxylic acid groups (broad SMARTS) is 1. The van der Waals surface area contributed by atoms with Gasteiger partial charge in [-0.25, -0.2) is 4.98 Å². The van der Waals surface area contributed by atoms with Gasteiger partial charge in [-0.3, -0.25) is 28.5 Å². The van der Waals surface area contributed by atoms with Gasteiger partial charge >= 0.3 is 5.97 Å². The summed E-state index contributed by atoms with van der Waals surface area (Å²) in [6, 6.07) is 5.28. The smallest absolute Gasteiger partial charge is 0.303 e. The molecule has 4 heterocycles. The fourth-order valence-electron chi connectivity index (χ4n) is 4.38. The standard InChI is InChI=1S/C24H27N5O5S2/c25-20(32)15-8-12-27(13-9-15)21-16(22(33)28-10-5-3-6-18(28)26-21)14-17-23(34)29(24(35)36-17)11-4-1-2-7-19(30)31/h3,5-6,10,14-15H,1-2,4,7-9,11-13H2,(H2,25,32)(H,30,31)/b17-14+. The zero-order valence-electron chi connectivity index (χ0n) is 19.6. The van der Waals surface area contributed by atoms with Crippen LogP contribution in [0.25, 0.3) is 11.7 Å². The van der Waals surface area contributed by atoms with Gasteiger partial charge in [0.25, 0.3) is 11.5 Å². The van der Waals surface area contributed by atoms with Crippen LogP contribution in [0.5, 0.6) is 0 Å². The molecule has 0 saturated carbocycles. The van der Waals surface area contributed by atoms with Crippen LogP contribution in [0, 0.1) is 5.92 Å². The third-order valence-corrected chi connectivity index (χ3v) is 7.74. The normalized spacial score (nSPS) is 17.9. The number of rotatable bonds is 9. The lowest BCUT2D eigenvalue weighted by Gasteiger charge is -2.32. The van der Waals surface area contributed by atoms with Crippen molar-refractivity contribution in [3.8, 4) is 0 Å². The first kappa shape index (κ1) is 25.8. The summed E-state index contributed by atoms with van der Waals surface area (Å²) in [7, 11) is 0. The van der Waals surface area contributed by atoms with Crippen molar-refractivity contribution < 1.29 is 19.5 Å². The van der Waals surface area contributed by atoms with E-state index in [1.807, 2.05) is 4.90 Å². The second kappa shape index (κ2) is 11.2. The Balaban J connectivity index is 1.61. The number of hydrogen-bond acceptors (Lipinski definition) is 8. The summed E-state index contributed by atoms with van der Waals surface area (Å²) in [6.07, 6.45) is 6.26. The molecule has 0 aliphatic carbocycles. The highest BCUT2D eigenvalue weighted by atomic mass is 32.2. The summed E-state index contributed by atoms with van der Waals surface area (Å²) in [6.45, 7) is 1.42. The molecule has 2 fully saturated rings. The average Bonchev–Trinajstić information content (AvgIpc) is 3.12. The number of nitrogens with zero attached hydrogens (tertiary/aromatic N) is 4. The van der Waals surface area contributed by atoms with E-state index in [4.69, 9.17) is 28.0 Å². The van der Waals surface area contributed by atoms with E-state index in [0.29, 0.717) is 72.4 Å². The van der Waals surface area contributed by atoms with E-state index in [0.717, 1.165) is 11.8 Å². The number of carboxylic acids is 1. The molecular formula is C24H27N5O5S2. The minimum atomic E-state index is -0.839. The van der Waals surface area contributed by atoms with E-state index < -0.39 is 5.97 Å². The maximum Gasteiger partial charge on any atom is 0.303 e. The highest BCUT2D eigenvalue weighted by Crippen LogP contribution is 2.34. The van der Waals surface area contributed by atoms with Crippen molar-refractivity contribution in [3.63, 3.8) is 0 Å². The molecule has 0 atom stereocenters. The number of aliphatic carboxylic acids is 1. The number of aromatic nitrogens is 2. The Bertz CT molecular complexity index is 1300. The Kier molecular flexibility index (Phi) is 8.04. The van der Waals surface area contributed by atoms with Gasteiger partial charge in [-0.15, -0.1) is 0 Å². The summed E-state index contributed by atoms with van der Waals surface area (Å²) in [4.78, 5) is 57.4. The number of nitrogens with two attached hydrogens (primary N) is 1. The SMILES string of the molecule is NC(=O)C1CCN(c2nc3ccccn3c(=O)c2/C=C2/SC(=S)N(CCCCCC(=O)O)C2=O)CC1. The van der Waals surface area contributed by atoms with Crippen LogP contribution >= 0.6 is 24.0 Å². The van der Waals surface area contributed by atoms with Gasteiger partial charge in [-0.05, 0) is 43.9 Å². The van der Waals surface area contributed by atoms with Gasteiger partial charge in [0.2, 0.25) is 5.91 Å². The number of hydrogen-bond donors (Lipinski definition) is 2. The molecule has 190 valence electrons. The van der Waals surface area contributed by atoms with Crippen LogP contribution in [0.3, 0.4) is 0 Å². The summed E-state index contributed by atoms with van der Waals surface area (Å²) in [5.74, 6) is -1.19. The van der Waals surface area contributed by atoms with E-state index >= 15 is 0 Å². The Morgan fingerprint density at radius 1 is 1.19 bits per heavy atom. The third kappa shape index (κ3) is 5.59. The number of thiocarbonyl (C=S) groups is 1. The predicted octanol–water partition coefficient (Wildman–Crippen LogP) is 2.24. The van der Waals surface area contributed by atoms with Gasteiger partial charge < -0.3 is 15.7 Å². The molecule has 0 aromatic carbocycles. The van der Waals surface area contributed by atoms with Gasteiger partial charge in [-0.2, -0.15) is 0 Å². The first-order valence-corrected chi connectivity index (χ1v) is 13.0. The lowest BCUT2D eigenvalue weighted by Crippen LogP contribution is -2.40. The van der Waals surface area contributed by atoms with Crippen LogP contribution in [-0.4, -0.2) is 61.1 Å². The van der Waals surface area contributed by atoms with Crippen LogP contribution in [0.1, 0.15) is 44.1 Å². The molecule has 10 nitrogen and oxygen atoms in total. The summed E-state index contributed by atoms with van der Waals surface area (Å²) in [5, 5.41) is 8.77. The van der Waals surface area contributed by atoms with Crippen molar-refractivity contribution in [3.05, 3.63) is 45.2 Å². The van der Waals surface area contributed by atoms with Crippen molar-refractivity contribution in [2.24, 2.45) is 11.7 Å². The monoisotopic (exact) mass is 529 g/mol. The van der Waals surface area contributed by atoms with Gasteiger partial charge in [0.15, 0.2) is 0 Å². The van der Waals surface area contributed by atoms with Crippen LogP contribution in [0.4, 0.5) is 5.82 Å². The lowest BCUT2D eigenvalue weighted by molar-refractivity contribution is -0.137. The van der Waals surface area contributed by atoms with Crippen LogP contribution in [-0.2, 0) is 14.4 Å². The lowest BCUT2D eigenvalue weighted by atomic mass is 9.96. The van der Waals surface area contributed by atoms with E-state index in [2.05, 4.69) is 0 Å². The van der Waals surface area contributed by atoms with Crippen LogP contribution < -0.4 is 16.2 Å². The molecule has 2 aromatic heterocycles. The molecule has 0 radical (unpaired) electrons. The van der Waals surface area contributed by atoms with Crippen LogP contribution in [0.15, 0.2) is 34.1 Å². The summed E-state index contributed by atoms with van der Waals surface area (Å²) >= 11 is 6.55. The van der Waals surface area contributed by atoms with E-state index in [1.165, 1.54) is 9.30 Å². The third-order valence-electron chi connectivity index (χ3n) is 6.37. The zero-order chi connectivity index (χ0) is 25.8. The van der Waals surface area contributed by atoms with Gasteiger partial charge in [0, 0.05) is 38.2 Å². The van der Waals surface area contributed by atoms with Gasteiger partial charge in [0.05, 0.1) is 10.5 Å². The molecule has 2 aliphatic rings. The zero-order valence-corrected chi connectivity index (χ0v) is 21.2. The Labute approximate surface area is 217 Å². The van der Waals surface area contributed by atoms with E-state index in [-0.39, 0.29) is 35.3 Å². The minimum absolute atomic E-state index is 0.0939. The summed E-state index contributed by atoms with van der Waals surface area (Å²) in [5.41, 5.74) is 5.95. The fourth-order valence-corrected chi connectivity index (χ4v) is 5.67. The topological polar surface area (TPSA) is 138 Å². The maximum atomic E-state index is 13.5. The molecule has 3 N–H and O–H groups in total. The number of thioether (sulfide) groups is 1. The number of fused-ring (bicyclic) bond motifs is 1. The molecule has 0 unspecified atom stereocenters. The average molecular weight is 530 g/mol. The molecule has 2 aromatic rings. The quantitative estimate of drug-likeness (QED) is 0.284. The number of anilines is 1. The molecular weight excluding hydrogens is 502 g/mol. The molecule has 12 heteroatoms. The van der Waals surface area contributed by atoms with Crippen molar-refractivity contribution in [1.29, 1.82) is 0 Å². The van der Waals surface area contributed by atoms with E-state index in [9.17, 15) is 19.2 Å². The first-order valence-electron chi connectivity index (χ1n) is 11.8. The molecule has 2 amide bonds. The second-order valence-electron chi connectivity index (χ2n) is 8.78. The second-order valence-corrected chi connectivity index (χ2v) is 10.5. The number of piperidine rings is 1. The number of amides is 2. The van der Waals surface area contributed by atoms with Crippen molar-refractivity contribution >= 4 is 63.6 Å². The number of unbranched alkanes of at least 4 members (excludes halogenated alkanes) is 2. The molecule has 2 aliphatic heterocycles. The van der Waals surface area contributed by atoms with Crippen molar-refractivity contribution in [2.75, 3.05) is 24.5 Å². The summed E-state index contributed by atoms with van der Waals surface area (Å²) < 4.78 is 1.84. The number of pyridine rings is 1. The molecule has 0 bridgehead atoms. The van der Waals surface area contributed by atoms with Crippen molar-refractivity contribution in [2.45, 2.75) is 38.5 Å². The number of carbonyl (C=O) groups is 3. The van der Waals surface area contributed by atoms with Gasteiger partial charge in [-0.1, -0.05) is 36.5 Å². The molecule has 0 spiro atoms. The number of carbonyl (C=O) groups excluding carboxylic acids is 2. The Morgan fingerprint density at radius 3 is 2.64 bits per heavy atom. The number of primary amides is 1. The molecule has 2 saturated heterocycles. The maximum absolute atomic E-state index is 13.5. The van der Waals surface area contributed by atoms with Gasteiger partial charge in [0.1, 0.15) is 15.8 Å². The van der Waals surface area contributed by atoms with E-state index in [1.54, 1.807) is 30.5 Å². The Hall–Kier alpha value is -3.25. The predicted molar refractivity (Wildman–Crippen MR) is 142 cm³/mol. The minimum Gasteiger partial charge on any atom is -0.481 e. The molecule has 36 heavy (non-hydrogen) atoms. The molecule has 4 rings (SSSR count). The van der Waals surface area contributed by atoms with Crippen LogP contribution in [0.2, 0.25) is 0 Å². The highest BCUT2D eigenvalue weighted by Gasteiger charge is 2.33. The fraction of sp³-hybridized carbons (Fsp3) is 0.417. The largest absolute Gasteiger partial charge is 0.481 e.